The van der Waals surface area contributed by atoms with Crippen LogP contribution in [0.2, 0.25) is 23.7 Å². The molecule has 168 valence electrons. The Bertz CT molecular complexity index is 557. The van der Waals surface area contributed by atoms with Gasteiger partial charge in [0.2, 0.25) is 0 Å². The first-order chi connectivity index (χ1) is 13.5. The molecule has 0 radical (unpaired) electrons. The summed E-state index contributed by atoms with van der Waals surface area (Å²) in [6.45, 7) is 11.3. The van der Waals surface area contributed by atoms with Crippen molar-refractivity contribution in [2.24, 2.45) is 5.92 Å². The van der Waals surface area contributed by atoms with Crippen LogP contribution in [-0.2, 0) is 22.6 Å². The molecule has 1 fully saturated rings. The second-order valence-corrected chi connectivity index (χ2v) is 18.2. The normalized spacial score (nSPS) is 20.3. The number of carboxylic acid groups (broad SMARTS) is 1. The molecule has 0 heterocycles. The first-order valence-corrected chi connectivity index (χ1v) is 16.0. The van der Waals surface area contributed by atoms with Gasteiger partial charge in [0.1, 0.15) is 16.6 Å². The van der Waals surface area contributed by atoms with Crippen molar-refractivity contribution in [1.82, 2.24) is 0 Å². The molecule has 29 heavy (non-hydrogen) atoms. The molecule has 0 bridgehead atoms. The van der Waals surface area contributed by atoms with E-state index in [4.69, 9.17) is 18.1 Å². The molecule has 0 aromatic rings. The van der Waals surface area contributed by atoms with Gasteiger partial charge in [0.25, 0.3) is 9.28 Å². The van der Waals surface area contributed by atoms with Crippen molar-refractivity contribution in [2.45, 2.75) is 96.0 Å². The summed E-state index contributed by atoms with van der Waals surface area (Å²) in [7, 11) is -3.08. The highest BCUT2D eigenvalue weighted by Gasteiger charge is 2.42. The highest BCUT2D eigenvalue weighted by molar-refractivity contribution is 6.80. The quantitative estimate of drug-likeness (QED) is 0.289. The summed E-state index contributed by atoms with van der Waals surface area (Å²) >= 11 is 0. The molecule has 0 spiro atoms. The molecule has 1 aliphatic carbocycles. The van der Waals surface area contributed by atoms with Gasteiger partial charge in [0.15, 0.2) is 8.32 Å². The largest absolute Gasteiger partial charge is 0.478 e. The van der Waals surface area contributed by atoms with E-state index in [1.54, 1.807) is 0 Å². The highest BCUT2D eigenvalue weighted by Crippen LogP contribution is 2.40. The molecule has 1 aliphatic rings. The molecule has 0 aromatic heterocycles. The van der Waals surface area contributed by atoms with Crippen LogP contribution in [0.15, 0.2) is 12.2 Å². The smallest absolute Gasteiger partial charge is 0.331 e. The lowest BCUT2D eigenvalue weighted by molar-refractivity contribution is -0.147. The van der Waals surface area contributed by atoms with Crippen LogP contribution in [0, 0.1) is 5.92 Å². The van der Waals surface area contributed by atoms with E-state index >= 15 is 0 Å². The van der Waals surface area contributed by atoms with Crippen LogP contribution in [0.4, 0.5) is 0 Å². The summed E-state index contributed by atoms with van der Waals surface area (Å²) in [5.41, 5.74) is 0. The molecule has 1 rings (SSSR count). The second-order valence-electron chi connectivity index (χ2n) is 9.24. The van der Waals surface area contributed by atoms with Crippen molar-refractivity contribution < 1.29 is 27.7 Å². The lowest BCUT2D eigenvalue weighted by atomic mass is 9.84. The third-order valence-corrected chi connectivity index (χ3v) is 17.0. The van der Waals surface area contributed by atoms with Crippen molar-refractivity contribution in [3.63, 3.8) is 0 Å². The van der Waals surface area contributed by atoms with Gasteiger partial charge in [-0.05, 0) is 48.9 Å². The maximum absolute atomic E-state index is 12.1. The molecule has 0 saturated heterocycles. The molecular formula is C20H40O6Si3. The number of carbonyl (C=O) groups is 2. The zero-order chi connectivity index (χ0) is 22.1. The Kier molecular flexibility index (Phi) is 11.0. The average molecular weight is 461 g/mol. The van der Waals surface area contributed by atoms with E-state index in [1.807, 2.05) is 0 Å². The van der Waals surface area contributed by atoms with Crippen LogP contribution < -0.4 is 0 Å². The van der Waals surface area contributed by atoms with E-state index in [2.05, 4.69) is 34.2 Å². The van der Waals surface area contributed by atoms with E-state index in [9.17, 15) is 9.59 Å². The van der Waals surface area contributed by atoms with Crippen molar-refractivity contribution in [2.75, 3.05) is 0 Å². The number of hydrogen-bond acceptors (Lipinski definition) is 5. The van der Waals surface area contributed by atoms with Crippen LogP contribution in [0.5, 0.6) is 0 Å². The number of carbonyl (C=O) groups excluding carboxylic acids is 1. The lowest BCUT2D eigenvalue weighted by Crippen LogP contribution is -2.48. The molecule has 9 heteroatoms. The predicted octanol–water partition coefficient (Wildman–Crippen LogP) is 3.44. The molecule has 3 unspecified atom stereocenters. The molecule has 1 saturated carbocycles. The zero-order valence-corrected chi connectivity index (χ0v) is 23.2. The fourth-order valence-corrected chi connectivity index (χ4v) is 12.6. The van der Waals surface area contributed by atoms with Crippen LogP contribution in [0.3, 0.4) is 0 Å². The summed E-state index contributed by atoms with van der Waals surface area (Å²) < 4.78 is 18.3. The van der Waals surface area contributed by atoms with E-state index in [0.29, 0.717) is 16.4 Å². The number of carboxylic acids is 1. The summed E-state index contributed by atoms with van der Waals surface area (Å²) in [6.07, 6.45) is 8.03. The first-order valence-electron chi connectivity index (χ1n) is 10.8. The third-order valence-electron chi connectivity index (χ3n) is 6.41. The molecule has 6 nitrogen and oxygen atoms in total. The summed E-state index contributed by atoms with van der Waals surface area (Å²) in [5.74, 6) is -1.38. The molecule has 0 amide bonds. The lowest BCUT2D eigenvalue weighted by Gasteiger charge is -2.41. The van der Waals surface area contributed by atoms with Crippen molar-refractivity contribution in [3.05, 3.63) is 12.2 Å². The van der Waals surface area contributed by atoms with E-state index in [-0.39, 0.29) is 11.1 Å². The number of aliphatic carboxylic acids is 1. The van der Waals surface area contributed by atoms with Crippen molar-refractivity contribution in [3.8, 4) is 0 Å². The standard InChI is InChI=1S/C20H40O6Si3/c1-6-29(5,20(2,3)4)26-28(25-27)15-14-17(16-10-8-7-9-11-16)24-19(23)13-12-18(21)22/h12-13,16-17,28H,6-11,14-15H2,1-5,27H3,(H,21,22). The molecule has 0 aromatic carbocycles. The predicted molar refractivity (Wildman–Crippen MR) is 124 cm³/mol. The maximum Gasteiger partial charge on any atom is 0.331 e. The number of esters is 1. The zero-order valence-electron chi connectivity index (χ0n) is 19.0. The van der Waals surface area contributed by atoms with E-state index in [1.165, 1.54) is 6.42 Å². The Hall–Kier alpha value is -0.749. The van der Waals surface area contributed by atoms with Crippen LogP contribution >= 0.6 is 0 Å². The summed E-state index contributed by atoms with van der Waals surface area (Å²) in [5, 5.41) is 8.88. The Balaban J connectivity index is 2.80. The second kappa shape index (κ2) is 12.2. The van der Waals surface area contributed by atoms with Gasteiger partial charge >= 0.3 is 11.9 Å². The monoisotopic (exact) mass is 460 g/mol. The molecule has 1 N–H and O–H groups in total. The van der Waals surface area contributed by atoms with Crippen molar-refractivity contribution >= 4 is 40.0 Å². The van der Waals surface area contributed by atoms with Crippen LogP contribution in [0.25, 0.3) is 0 Å². The first kappa shape index (κ1) is 26.3. The Morgan fingerprint density at radius 1 is 1.24 bits per heavy atom. The SMILES string of the molecule is CC[Si](C)(O[SiH](CCC(OC(=O)C=CC(=O)O)C1CCCCC1)O[SiH3])C(C)(C)C. The highest BCUT2D eigenvalue weighted by atomic mass is 28.4. The van der Waals surface area contributed by atoms with Crippen LogP contribution in [0.1, 0.15) is 66.2 Å². The molecule has 0 aliphatic heterocycles. The minimum atomic E-state index is -1.90. The minimum absolute atomic E-state index is 0.143. The fraction of sp³-hybridized carbons (Fsp3) is 0.800. The van der Waals surface area contributed by atoms with E-state index in [0.717, 1.165) is 56.3 Å². The van der Waals surface area contributed by atoms with Gasteiger partial charge in [-0.25, -0.2) is 9.59 Å². The maximum atomic E-state index is 12.1. The van der Waals surface area contributed by atoms with Crippen molar-refractivity contribution in [1.29, 1.82) is 0 Å². The van der Waals surface area contributed by atoms with E-state index < -0.39 is 29.5 Å². The van der Waals surface area contributed by atoms with Crippen LogP contribution in [-0.4, -0.2) is 51.2 Å². The number of hydrogen-bond donors (Lipinski definition) is 1. The summed E-state index contributed by atoms with van der Waals surface area (Å²) in [4.78, 5) is 22.8. The van der Waals surface area contributed by atoms with Gasteiger partial charge in [-0.15, -0.1) is 0 Å². The fourth-order valence-electron chi connectivity index (χ4n) is 3.83. The van der Waals surface area contributed by atoms with Gasteiger partial charge in [0.05, 0.1) is 0 Å². The Labute approximate surface area is 181 Å². The topological polar surface area (TPSA) is 82.1 Å². The van der Waals surface area contributed by atoms with Gasteiger partial charge in [-0.3, -0.25) is 0 Å². The van der Waals surface area contributed by atoms with Gasteiger partial charge < -0.3 is 18.1 Å². The van der Waals surface area contributed by atoms with Gasteiger partial charge in [-0.2, -0.15) is 0 Å². The Morgan fingerprint density at radius 3 is 2.34 bits per heavy atom. The average Bonchev–Trinajstić information content (AvgIpc) is 2.67. The Morgan fingerprint density at radius 2 is 1.86 bits per heavy atom. The minimum Gasteiger partial charge on any atom is -0.478 e. The molecule has 3 atom stereocenters. The third kappa shape index (κ3) is 8.87. The molecular weight excluding hydrogens is 420 g/mol. The van der Waals surface area contributed by atoms with Gasteiger partial charge in [-0.1, -0.05) is 47.0 Å². The number of rotatable bonds is 11. The summed E-state index contributed by atoms with van der Waals surface area (Å²) in [6, 6.07) is 1.87. The number of ether oxygens (including phenoxy) is 1. The van der Waals surface area contributed by atoms with Gasteiger partial charge in [0, 0.05) is 12.2 Å².